The van der Waals surface area contributed by atoms with Gasteiger partial charge in [0.2, 0.25) is 0 Å². The fourth-order valence-corrected chi connectivity index (χ4v) is 0. The summed E-state index contributed by atoms with van der Waals surface area (Å²) in [6, 6.07) is -0.954. The molecular weight excluding hydrogens is 130 g/mol. The maximum Gasteiger partial charge on any atom is 0.503 e. The first-order valence-electron chi connectivity index (χ1n) is 1.59. The lowest BCUT2D eigenvalue weighted by Crippen LogP contribution is -2.00. The van der Waals surface area contributed by atoms with Gasteiger partial charge in [-0.2, -0.15) is 5.53 Å². The Balaban J connectivity index is 0. The number of carbonyl (C=O) groups excluding carboxylic acids is 1. The Morgan fingerprint density at radius 2 is 1.56 bits per heavy atom. The Kier molecular flexibility index (Phi) is 7.29. The maximum absolute atomic E-state index is 9.24. The average Bonchev–Trinajstić information content (AvgIpc) is 1.65. The first-order chi connectivity index (χ1) is 4.00. The van der Waals surface area contributed by atoms with Crippen molar-refractivity contribution in [2.75, 3.05) is 0 Å². The molecule has 0 aliphatic heterocycles. The van der Waals surface area contributed by atoms with Crippen LogP contribution in [0, 0.1) is 5.53 Å². The predicted molar refractivity (Wildman–Crippen MR) is 25.4 cm³/mol. The lowest BCUT2D eigenvalue weighted by atomic mass is 11.2. The highest BCUT2D eigenvalue weighted by atomic mass is 16.6. The zero-order valence-electron chi connectivity index (χ0n) is 4.24. The standard InChI is InChI=1S/CH3N3O.CH2O3/c2-1(5)4-3;2-1(3)4/h3H,(H2,2,5);(H2,2,3,4). The van der Waals surface area contributed by atoms with Crippen molar-refractivity contribution in [3.8, 4) is 0 Å². The van der Waals surface area contributed by atoms with Gasteiger partial charge in [-0.25, -0.2) is 9.59 Å². The third-order valence-electron chi connectivity index (χ3n) is 0.110. The molecule has 0 bridgehead atoms. The van der Waals surface area contributed by atoms with E-state index in [9.17, 15) is 4.79 Å². The molecule has 2 amide bonds. The second-order valence-corrected chi connectivity index (χ2v) is 0.733. The molecule has 0 rings (SSSR count). The van der Waals surface area contributed by atoms with Crippen LogP contribution in [0.4, 0.5) is 9.59 Å². The predicted octanol–water partition coefficient (Wildman–Crippen LogP) is 0.318. The first kappa shape index (κ1) is 10.3. The topological polar surface area (TPSA) is 137 Å². The van der Waals surface area contributed by atoms with E-state index in [2.05, 4.69) is 10.8 Å². The molecule has 0 saturated heterocycles. The summed E-state index contributed by atoms with van der Waals surface area (Å²) in [6.45, 7) is 0. The van der Waals surface area contributed by atoms with Crippen molar-refractivity contribution in [3.63, 3.8) is 0 Å². The summed E-state index contributed by atoms with van der Waals surface area (Å²) >= 11 is 0. The third kappa shape index (κ3) is 1030. The van der Waals surface area contributed by atoms with E-state index in [1.54, 1.807) is 0 Å². The van der Waals surface area contributed by atoms with Crippen molar-refractivity contribution in [1.82, 2.24) is 0 Å². The van der Waals surface area contributed by atoms with Crippen molar-refractivity contribution in [3.05, 3.63) is 0 Å². The zero-order valence-corrected chi connectivity index (χ0v) is 4.24. The molecule has 0 spiro atoms. The van der Waals surface area contributed by atoms with Gasteiger partial charge in [-0.05, 0) is 0 Å². The van der Waals surface area contributed by atoms with Gasteiger partial charge in [0.15, 0.2) is 0 Å². The third-order valence-corrected chi connectivity index (χ3v) is 0.110. The van der Waals surface area contributed by atoms with Crippen molar-refractivity contribution < 1.29 is 19.8 Å². The van der Waals surface area contributed by atoms with Crippen LogP contribution >= 0.6 is 0 Å². The smallest absolute Gasteiger partial charge is 0.450 e. The molecule has 0 aromatic heterocycles. The molecule has 0 aromatic rings. The van der Waals surface area contributed by atoms with Crippen LogP contribution < -0.4 is 5.73 Å². The molecule has 0 fully saturated rings. The molecule has 0 atom stereocenters. The molecule has 52 valence electrons. The summed E-state index contributed by atoms with van der Waals surface area (Å²) in [5.41, 5.74) is 10.1. The van der Waals surface area contributed by atoms with Gasteiger partial charge in [-0.3, -0.25) is 0 Å². The SMILES string of the molecule is N=NC(N)=O.O=C(O)O. The lowest BCUT2D eigenvalue weighted by Gasteiger charge is -1.63. The van der Waals surface area contributed by atoms with E-state index in [4.69, 9.17) is 20.5 Å². The monoisotopic (exact) mass is 135 g/mol. The minimum absolute atomic E-state index is 0.954. The Bertz CT molecular complexity index is 117. The summed E-state index contributed by atoms with van der Waals surface area (Å²) in [5.74, 6) is 0. The van der Waals surface area contributed by atoms with E-state index < -0.39 is 12.2 Å². The van der Waals surface area contributed by atoms with Crippen LogP contribution in [-0.4, -0.2) is 22.4 Å². The van der Waals surface area contributed by atoms with E-state index in [0.29, 0.717) is 0 Å². The molecule has 9 heavy (non-hydrogen) atoms. The van der Waals surface area contributed by atoms with Gasteiger partial charge in [0, 0.05) is 0 Å². The van der Waals surface area contributed by atoms with E-state index in [-0.39, 0.29) is 0 Å². The van der Waals surface area contributed by atoms with Gasteiger partial charge in [-0.1, -0.05) is 5.11 Å². The summed E-state index contributed by atoms with van der Waals surface area (Å²) in [5, 5.41) is 16.2. The van der Waals surface area contributed by atoms with Crippen molar-refractivity contribution >= 4 is 12.2 Å². The molecule has 5 N–H and O–H groups in total. The highest BCUT2D eigenvalue weighted by Crippen LogP contribution is 1.55. The number of carbonyl (C=O) groups is 2. The number of nitrogens with one attached hydrogen (secondary N) is 1. The van der Waals surface area contributed by atoms with Gasteiger partial charge >= 0.3 is 12.2 Å². The molecule has 0 radical (unpaired) electrons. The Labute approximate surface area is 49.6 Å². The molecule has 0 aromatic carbocycles. The molecule has 7 heteroatoms. The lowest BCUT2D eigenvalue weighted by molar-refractivity contribution is 0.137. The zero-order chi connectivity index (χ0) is 7.86. The van der Waals surface area contributed by atoms with Crippen molar-refractivity contribution in [2.24, 2.45) is 10.8 Å². The van der Waals surface area contributed by atoms with Gasteiger partial charge in [0.25, 0.3) is 0 Å². The molecule has 0 unspecified atom stereocenters. The quantitative estimate of drug-likeness (QED) is 0.355. The van der Waals surface area contributed by atoms with E-state index in [0.717, 1.165) is 0 Å². The van der Waals surface area contributed by atoms with E-state index in [1.165, 1.54) is 0 Å². The number of nitrogens with two attached hydrogens (primary N) is 1. The normalized spacial score (nSPS) is 6.22. The van der Waals surface area contributed by atoms with Crippen LogP contribution in [0.2, 0.25) is 0 Å². The van der Waals surface area contributed by atoms with Gasteiger partial charge < -0.3 is 15.9 Å². The van der Waals surface area contributed by atoms with Crippen LogP contribution in [-0.2, 0) is 0 Å². The van der Waals surface area contributed by atoms with Crippen molar-refractivity contribution in [1.29, 1.82) is 5.53 Å². The molecule has 0 aliphatic rings. The molecule has 0 aliphatic carbocycles. The summed E-state index contributed by atoms with van der Waals surface area (Å²) < 4.78 is 0. The molecule has 7 nitrogen and oxygen atoms in total. The van der Waals surface area contributed by atoms with Gasteiger partial charge in [0.1, 0.15) is 0 Å². The van der Waals surface area contributed by atoms with Crippen molar-refractivity contribution in [2.45, 2.75) is 0 Å². The Morgan fingerprint density at radius 3 is 1.56 bits per heavy atom. The number of hydrogen-bond acceptors (Lipinski definition) is 3. The number of rotatable bonds is 0. The molecular formula is C2H5N3O4. The number of carboxylic acid groups (broad SMARTS) is 2. The number of amides is 2. The second-order valence-electron chi connectivity index (χ2n) is 0.733. The summed E-state index contributed by atoms with van der Waals surface area (Å²) in [7, 11) is 0. The number of primary amides is 1. The molecule has 0 heterocycles. The second kappa shape index (κ2) is 6.34. The fourth-order valence-electron chi connectivity index (χ4n) is 0. The van der Waals surface area contributed by atoms with Crippen LogP contribution in [0.5, 0.6) is 0 Å². The Hall–Kier alpha value is -1.66. The van der Waals surface area contributed by atoms with Gasteiger partial charge in [-0.15, -0.1) is 0 Å². The Morgan fingerprint density at radius 1 is 1.44 bits per heavy atom. The fraction of sp³-hybridized carbons (Fsp3) is 0. The maximum atomic E-state index is 9.24. The highest BCUT2D eigenvalue weighted by Gasteiger charge is 1.73. The average molecular weight is 135 g/mol. The van der Waals surface area contributed by atoms with Crippen LogP contribution in [0.25, 0.3) is 0 Å². The molecule has 0 saturated carbocycles. The minimum Gasteiger partial charge on any atom is -0.450 e. The highest BCUT2D eigenvalue weighted by molar-refractivity contribution is 5.71. The summed E-state index contributed by atoms with van der Waals surface area (Å²) in [4.78, 5) is 17.8. The van der Waals surface area contributed by atoms with Crippen LogP contribution in [0.3, 0.4) is 0 Å². The van der Waals surface area contributed by atoms with Crippen LogP contribution in [0.15, 0.2) is 5.11 Å². The minimum atomic E-state index is -1.83. The number of urea groups is 1. The van der Waals surface area contributed by atoms with Gasteiger partial charge in [0.05, 0.1) is 0 Å². The summed E-state index contributed by atoms with van der Waals surface area (Å²) in [6.07, 6.45) is -1.83. The number of hydrogen-bond donors (Lipinski definition) is 4. The first-order valence-corrected chi connectivity index (χ1v) is 1.59. The largest absolute Gasteiger partial charge is 0.503 e. The van der Waals surface area contributed by atoms with E-state index >= 15 is 0 Å². The van der Waals surface area contributed by atoms with Crippen LogP contribution in [0.1, 0.15) is 0 Å². The van der Waals surface area contributed by atoms with E-state index in [1.807, 2.05) is 0 Å². The number of nitrogens with zero attached hydrogens (tertiary/aromatic N) is 1.